The van der Waals surface area contributed by atoms with Crippen LogP contribution in [-0.4, -0.2) is 41.7 Å². The molecule has 0 aliphatic carbocycles. The van der Waals surface area contributed by atoms with Crippen LogP contribution >= 0.6 is 0 Å². The number of hydrogen-bond acceptors (Lipinski definition) is 6. The highest BCUT2D eigenvalue weighted by atomic mass is 16.5. The van der Waals surface area contributed by atoms with Gasteiger partial charge in [-0.2, -0.15) is 4.98 Å². The first-order valence-corrected chi connectivity index (χ1v) is 9.49. The van der Waals surface area contributed by atoms with Crippen molar-refractivity contribution in [3.05, 3.63) is 36.0 Å². The second-order valence-corrected chi connectivity index (χ2v) is 6.56. The number of amides is 1. The Morgan fingerprint density at radius 1 is 1.19 bits per heavy atom. The fraction of sp³-hybridized carbons (Fsp3) is 0.450. The van der Waals surface area contributed by atoms with E-state index in [2.05, 4.69) is 39.3 Å². The third-order valence-corrected chi connectivity index (χ3v) is 4.56. The van der Waals surface area contributed by atoms with Crippen LogP contribution in [0.1, 0.15) is 32.4 Å². The van der Waals surface area contributed by atoms with E-state index >= 15 is 0 Å². The molecule has 7 heteroatoms. The van der Waals surface area contributed by atoms with Gasteiger partial charge in [0.25, 0.3) is 5.91 Å². The number of aryl methyl sites for hydroxylation is 1. The van der Waals surface area contributed by atoms with Crippen molar-refractivity contribution >= 4 is 29.0 Å². The minimum Gasteiger partial charge on any atom is -0.368 e. The zero-order chi connectivity index (χ0) is 19.2. The maximum absolute atomic E-state index is 12.1. The molecule has 2 aromatic rings. The van der Waals surface area contributed by atoms with E-state index in [4.69, 9.17) is 4.74 Å². The van der Waals surface area contributed by atoms with Gasteiger partial charge in [0.05, 0.1) is 0 Å². The van der Waals surface area contributed by atoms with E-state index in [1.807, 2.05) is 37.3 Å². The molecule has 2 N–H and O–H groups in total. The van der Waals surface area contributed by atoms with Crippen molar-refractivity contribution in [2.75, 3.05) is 35.2 Å². The van der Waals surface area contributed by atoms with Crippen LogP contribution in [0.4, 0.5) is 23.1 Å². The van der Waals surface area contributed by atoms with Crippen molar-refractivity contribution < 1.29 is 9.53 Å². The molecule has 7 nitrogen and oxygen atoms in total. The van der Waals surface area contributed by atoms with Crippen molar-refractivity contribution in [1.82, 2.24) is 9.97 Å². The number of carbonyl (C=O) groups excluding carboxylic acids is 1. The van der Waals surface area contributed by atoms with E-state index < -0.39 is 0 Å². The molecular weight excluding hydrogens is 342 g/mol. The lowest BCUT2D eigenvalue weighted by Crippen LogP contribution is -2.26. The predicted molar refractivity (Wildman–Crippen MR) is 108 cm³/mol. The number of anilines is 4. The molecule has 1 amide bonds. The summed E-state index contributed by atoms with van der Waals surface area (Å²) in [7, 11) is 0. The van der Waals surface area contributed by atoms with Crippen molar-refractivity contribution in [3.63, 3.8) is 0 Å². The Hall–Kier alpha value is -2.67. The maximum atomic E-state index is 12.1. The van der Waals surface area contributed by atoms with Gasteiger partial charge >= 0.3 is 0 Å². The first-order chi connectivity index (χ1) is 13.1. The predicted octanol–water partition coefficient (Wildman–Crippen LogP) is 3.49. The maximum Gasteiger partial charge on any atom is 0.253 e. The fourth-order valence-electron chi connectivity index (χ4n) is 3.09. The van der Waals surface area contributed by atoms with Crippen LogP contribution in [0.25, 0.3) is 0 Å². The van der Waals surface area contributed by atoms with Crippen molar-refractivity contribution in [2.45, 2.75) is 39.7 Å². The van der Waals surface area contributed by atoms with Crippen LogP contribution < -0.4 is 15.5 Å². The highest BCUT2D eigenvalue weighted by molar-refractivity contribution is 5.94. The summed E-state index contributed by atoms with van der Waals surface area (Å²) in [5, 5.41) is 6.13. The largest absolute Gasteiger partial charge is 0.368 e. The Kier molecular flexibility index (Phi) is 6.24. The molecule has 0 unspecified atom stereocenters. The van der Waals surface area contributed by atoms with Gasteiger partial charge in [-0.05, 0) is 57.9 Å². The van der Waals surface area contributed by atoms with Gasteiger partial charge in [-0.1, -0.05) is 0 Å². The zero-order valence-corrected chi connectivity index (χ0v) is 16.2. The third kappa shape index (κ3) is 4.95. The van der Waals surface area contributed by atoms with Crippen LogP contribution in [-0.2, 0) is 9.53 Å². The van der Waals surface area contributed by atoms with Gasteiger partial charge in [-0.25, -0.2) is 4.98 Å². The SMILES string of the molecule is CCN(CC)c1cc(C)nc(Nc2ccc(NC(=O)[C@@H]3CCCO3)cc2)n1. The summed E-state index contributed by atoms with van der Waals surface area (Å²) in [6, 6.07) is 9.50. The first-order valence-electron chi connectivity index (χ1n) is 9.49. The molecule has 1 saturated heterocycles. The van der Waals surface area contributed by atoms with E-state index in [0.717, 1.165) is 48.8 Å². The topological polar surface area (TPSA) is 79.4 Å². The van der Waals surface area contributed by atoms with Crippen LogP contribution in [0.3, 0.4) is 0 Å². The van der Waals surface area contributed by atoms with E-state index in [1.54, 1.807) is 0 Å². The second-order valence-electron chi connectivity index (χ2n) is 6.56. The summed E-state index contributed by atoms with van der Waals surface area (Å²) in [5.41, 5.74) is 2.52. The third-order valence-electron chi connectivity index (χ3n) is 4.56. The molecule has 1 aliphatic heterocycles. The average Bonchev–Trinajstić information content (AvgIpc) is 3.19. The van der Waals surface area contributed by atoms with Gasteiger partial charge in [0.15, 0.2) is 0 Å². The Balaban J connectivity index is 1.66. The minimum absolute atomic E-state index is 0.0842. The van der Waals surface area contributed by atoms with Crippen LogP contribution in [0.5, 0.6) is 0 Å². The molecule has 1 aromatic carbocycles. The summed E-state index contributed by atoms with van der Waals surface area (Å²) in [6.45, 7) is 8.63. The summed E-state index contributed by atoms with van der Waals surface area (Å²) in [6.07, 6.45) is 1.39. The van der Waals surface area contributed by atoms with Crippen LogP contribution in [0.15, 0.2) is 30.3 Å². The molecule has 2 heterocycles. The molecule has 3 rings (SSSR count). The standard InChI is InChI=1S/C20H27N5O2/c1-4-25(5-2)18-13-14(3)21-20(24-18)23-16-10-8-15(9-11-16)22-19(26)17-7-6-12-27-17/h8-11,13,17H,4-7,12H2,1-3H3,(H,22,26)(H,21,23,24)/t17-/m0/s1. The molecule has 27 heavy (non-hydrogen) atoms. The van der Waals surface area contributed by atoms with Gasteiger partial charge in [0.2, 0.25) is 5.95 Å². The van der Waals surface area contributed by atoms with E-state index in [0.29, 0.717) is 12.6 Å². The Morgan fingerprint density at radius 3 is 2.52 bits per heavy atom. The molecule has 0 radical (unpaired) electrons. The van der Waals surface area contributed by atoms with Gasteiger partial charge < -0.3 is 20.3 Å². The molecule has 144 valence electrons. The molecule has 1 fully saturated rings. The van der Waals surface area contributed by atoms with Crippen LogP contribution in [0.2, 0.25) is 0 Å². The summed E-state index contributed by atoms with van der Waals surface area (Å²) in [5.74, 6) is 1.39. The molecule has 1 aromatic heterocycles. The molecule has 1 aliphatic rings. The number of benzene rings is 1. The lowest BCUT2D eigenvalue weighted by molar-refractivity contribution is -0.124. The number of nitrogens with zero attached hydrogens (tertiary/aromatic N) is 3. The Morgan fingerprint density at radius 2 is 1.89 bits per heavy atom. The number of rotatable bonds is 7. The molecule has 0 saturated carbocycles. The first kappa shape index (κ1) is 19.1. The second kappa shape index (κ2) is 8.81. The van der Waals surface area contributed by atoms with E-state index in [9.17, 15) is 4.79 Å². The summed E-state index contributed by atoms with van der Waals surface area (Å²) in [4.78, 5) is 23.4. The van der Waals surface area contributed by atoms with Gasteiger partial charge in [-0.3, -0.25) is 4.79 Å². The molecule has 0 bridgehead atoms. The summed E-state index contributed by atoms with van der Waals surface area (Å²) >= 11 is 0. The number of aromatic nitrogens is 2. The fourth-order valence-corrected chi connectivity index (χ4v) is 3.09. The van der Waals surface area contributed by atoms with E-state index in [-0.39, 0.29) is 12.0 Å². The van der Waals surface area contributed by atoms with Crippen molar-refractivity contribution in [3.8, 4) is 0 Å². The minimum atomic E-state index is -0.331. The molecular formula is C20H27N5O2. The van der Waals surface area contributed by atoms with Gasteiger partial charge in [0.1, 0.15) is 11.9 Å². The number of nitrogens with one attached hydrogen (secondary N) is 2. The van der Waals surface area contributed by atoms with Crippen molar-refractivity contribution in [2.24, 2.45) is 0 Å². The Labute approximate surface area is 160 Å². The smallest absolute Gasteiger partial charge is 0.253 e. The lowest BCUT2D eigenvalue weighted by atomic mass is 10.2. The lowest BCUT2D eigenvalue weighted by Gasteiger charge is -2.20. The summed E-state index contributed by atoms with van der Waals surface area (Å²) < 4.78 is 5.40. The molecule has 0 spiro atoms. The number of carbonyl (C=O) groups is 1. The monoisotopic (exact) mass is 369 g/mol. The molecule has 1 atom stereocenters. The van der Waals surface area contributed by atoms with Gasteiger partial charge in [-0.15, -0.1) is 0 Å². The zero-order valence-electron chi connectivity index (χ0n) is 16.2. The van der Waals surface area contributed by atoms with Gasteiger partial charge in [0, 0.05) is 42.8 Å². The number of ether oxygens (including phenoxy) is 1. The van der Waals surface area contributed by atoms with E-state index in [1.165, 1.54) is 0 Å². The highest BCUT2D eigenvalue weighted by Crippen LogP contribution is 2.21. The highest BCUT2D eigenvalue weighted by Gasteiger charge is 2.23. The number of hydrogen-bond donors (Lipinski definition) is 2. The Bertz CT molecular complexity index is 768. The van der Waals surface area contributed by atoms with Crippen molar-refractivity contribution in [1.29, 1.82) is 0 Å². The normalized spacial score (nSPS) is 16.2. The van der Waals surface area contributed by atoms with Crippen LogP contribution in [0, 0.1) is 6.92 Å². The average molecular weight is 369 g/mol. The quantitative estimate of drug-likeness (QED) is 0.778.